The van der Waals surface area contributed by atoms with Crippen molar-refractivity contribution in [3.63, 3.8) is 0 Å². The molecule has 0 bridgehead atoms. The fourth-order valence-electron chi connectivity index (χ4n) is 2.30. The van der Waals surface area contributed by atoms with Crippen LogP contribution in [0.1, 0.15) is 66.4 Å². The number of hydrogen-bond donors (Lipinski definition) is 0. The summed E-state index contributed by atoms with van der Waals surface area (Å²) >= 11 is 0. The van der Waals surface area contributed by atoms with E-state index in [4.69, 9.17) is 0 Å². The summed E-state index contributed by atoms with van der Waals surface area (Å²) in [5.41, 5.74) is 1.05. The van der Waals surface area contributed by atoms with E-state index < -0.39 is 0 Å². The van der Waals surface area contributed by atoms with E-state index >= 15 is 0 Å². The van der Waals surface area contributed by atoms with E-state index in [9.17, 15) is 4.79 Å². The second-order valence-electron chi connectivity index (χ2n) is 6.88. The van der Waals surface area contributed by atoms with Crippen LogP contribution in [0.2, 0.25) is 0 Å². The third-order valence-electron chi connectivity index (χ3n) is 3.41. The lowest BCUT2D eigenvalue weighted by atomic mass is 9.91. The summed E-state index contributed by atoms with van der Waals surface area (Å²) in [4.78, 5) is 23.2. The van der Waals surface area contributed by atoms with Crippen molar-refractivity contribution in [3.05, 3.63) is 18.0 Å². The maximum absolute atomic E-state index is 12.7. The number of aryl methyl sites for hydroxylation is 1. The van der Waals surface area contributed by atoms with Crippen LogP contribution in [-0.2, 0) is 11.2 Å². The van der Waals surface area contributed by atoms with Gasteiger partial charge in [-0.15, -0.1) is 0 Å². The molecule has 4 heteroatoms. The molecule has 0 saturated heterocycles. The summed E-state index contributed by atoms with van der Waals surface area (Å²) in [6, 6.07) is 0.123. The van der Waals surface area contributed by atoms with Gasteiger partial charge in [0.2, 0.25) is 11.9 Å². The molecular weight excluding hydrogens is 262 g/mol. The summed E-state index contributed by atoms with van der Waals surface area (Å²) in [5, 5.41) is 0. The molecule has 0 saturated carbocycles. The monoisotopic (exact) mass is 291 g/mol. The molecule has 1 aromatic rings. The van der Waals surface area contributed by atoms with Crippen molar-refractivity contribution >= 4 is 11.9 Å². The van der Waals surface area contributed by atoms with Gasteiger partial charge in [0.1, 0.15) is 0 Å². The van der Waals surface area contributed by atoms with Gasteiger partial charge in [-0.05, 0) is 30.7 Å². The zero-order chi connectivity index (χ0) is 16.0. The van der Waals surface area contributed by atoms with E-state index in [1.165, 1.54) is 0 Å². The first-order valence-electron chi connectivity index (χ1n) is 7.91. The molecular formula is C17H29N3O. The Balaban J connectivity index is 3.03. The first-order valence-corrected chi connectivity index (χ1v) is 7.91. The van der Waals surface area contributed by atoms with Gasteiger partial charge < -0.3 is 0 Å². The highest BCUT2D eigenvalue weighted by molar-refractivity contribution is 5.92. The minimum atomic E-state index is -0.0371. The van der Waals surface area contributed by atoms with Crippen molar-refractivity contribution in [1.29, 1.82) is 0 Å². The average molecular weight is 291 g/mol. The van der Waals surface area contributed by atoms with E-state index in [1.807, 2.05) is 12.4 Å². The molecule has 1 amide bonds. The van der Waals surface area contributed by atoms with Gasteiger partial charge in [-0.2, -0.15) is 0 Å². The highest BCUT2D eigenvalue weighted by Crippen LogP contribution is 2.24. The zero-order valence-electron chi connectivity index (χ0n) is 14.3. The van der Waals surface area contributed by atoms with Crippen LogP contribution in [-0.4, -0.2) is 21.9 Å². The molecule has 1 aromatic heterocycles. The Labute approximate surface area is 129 Å². The smallest absolute Gasteiger partial charge is 0.232 e. The molecule has 21 heavy (non-hydrogen) atoms. The van der Waals surface area contributed by atoms with Crippen molar-refractivity contribution in [2.45, 2.75) is 73.3 Å². The van der Waals surface area contributed by atoms with Crippen LogP contribution in [0.3, 0.4) is 0 Å². The van der Waals surface area contributed by atoms with Gasteiger partial charge in [0, 0.05) is 24.9 Å². The number of carbonyl (C=O) groups excluding carboxylic acids is 1. The van der Waals surface area contributed by atoms with Crippen molar-refractivity contribution in [2.75, 3.05) is 4.90 Å². The Morgan fingerprint density at radius 2 is 1.81 bits per heavy atom. The third-order valence-corrected chi connectivity index (χ3v) is 3.41. The van der Waals surface area contributed by atoms with Crippen LogP contribution in [0.25, 0.3) is 0 Å². The van der Waals surface area contributed by atoms with Crippen molar-refractivity contribution in [2.24, 2.45) is 5.41 Å². The van der Waals surface area contributed by atoms with Gasteiger partial charge in [-0.1, -0.05) is 41.0 Å². The third kappa shape index (κ3) is 5.44. The fourth-order valence-corrected chi connectivity index (χ4v) is 2.30. The highest BCUT2D eigenvalue weighted by atomic mass is 16.2. The molecule has 0 aliphatic heterocycles. The molecule has 0 radical (unpaired) electrons. The number of rotatable bonds is 6. The summed E-state index contributed by atoms with van der Waals surface area (Å²) in [6.07, 6.45) is 7.03. The number of anilines is 1. The number of carbonyl (C=O) groups is 1. The van der Waals surface area contributed by atoms with Crippen LogP contribution in [0.5, 0.6) is 0 Å². The minimum absolute atomic E-state index is 0.0371. The van der Waals surface area contributed by atoms with Crippen molar-refractivity contribution < 1.29 is 4.79 Å². The Hall–Kier alpha value is -1.45. The lowest BCUT2D eigenvalue weighted by Crippen LogP contribution is -2.41. The molecule has 4 nitrogen and oxygen atoms in total. The van der Waals surface area contributed by atoms with Crippen LogP contribution >= 0.6 is 0 Å². The van der Waals surface area contributed by atoms with Crippen molar-refractivity contribution in [3.8, 4) is 0 Å². The predicted molar refractivity (Wildman–Crippen MR) is 87.3 cm³/mol. The van der Waals surface area contributed by atoms with Crippen LogP contribution in [0.4, 0.5) is 5.95 Å². The zero-order valence-corrected chi connectivity index (χ0v) is 14.3. The molecule has 0 aliphatic rings. The summed E-state index contributed by atoms with van der Waals surface area (Å²) < 4.78 is 0. The molecule has 1 atom stereocenters. The molecule has 0 fully saturated rings. The van der Waals surface area contributed by atoms with Crippen molar-refractivity contribution in [1.82, 2.24) is 9.97 Å². The van der Waals surface area contributed by atoms with Gasteiger partial charge in [0.15, 0.2) is 0 Å². The van der Waals surface area contributed by atoms with Gasteiger partial charge in [-0.25, -0.2) is 9.97 Å². The topological polar surface area (TPSA) is 46.1 Å². The van der Waals surface area contributed by atoms with Crippen LogP contribution in [0.15, 0.2) is 12.4 Å². The molecule has 0 N–H and O–H groups in total. The first kappa shape index (κ1) is 17.6. The molecule has 1 unspecified atom stereocenters. The van der Waals surface area contributed by atoms with Gasteiger partial charge in [0.25, 0.3) is 0 Å². The molecule has 0 aliphatic carbocycles. The van der Waals surface area contributed by atoms with Gasteiger partial charge in [0.05, 0.1) is 0 Å². The van der Waals surface area contributed by atoms with Gasteiger partial charge >= 0.3 is 0 Å². The first-order chi connectivity index (χ1) is 9.78. The fraction of sp³-hybridized carbons (Fsp3) is 0.706. The maximum Gasteiger partial charge on any atom is 0.232 e. The van der Waals surface area contributed by atoms with Crippen LogP contribution < -0.4 is 4.90 Å². The lowest BCUT2D eigenvalue weighted by molar-refractivity contribution is -0.120. The lowest BCUT2D eigenvalue weighted by Gasteiger charge is -2.30. The van der Waals surface area contributed by atoms with E-state index in [0.29, 0.717) is 12.4 Å². The SMILES string of the molecule is CCCC(C)N(C(=O)CC(C)(C)C)c1ncc(CC)cn1. The summed E-state index contributed by atoms with van der Waals surface area (Å²) in [7, 11) is 0. The van der Waals surface area contributed by atoms with E-state index in [0.717, 1.165) is 24.8 Å². The maximum atomic E-state index is 12.7. The highest BCUT2D eigenvalue weighted by Gasteiger charge is 2.27. The molecule has 1 heterocycles. The predicted octanol–water partition coefficient (Wildman–Crippen LogP) is 4.00. The Morgan fingerprint density at radius 1 is 1.24 bits per heavy atom. The summed E-state index contributed by atoms with van der Waals surface area (Å²) in [6.45, 7) is 12.5. The Morgan fingerprint density at radius 3 is 2.24 bits per heavy atom. The normalized spacial score (nSPS) is 13.0. The Bertz CT molecular complexity index is 448. The Kier molecular flexibility index (Phi) is 6.31. The second kappa shape index (κ2) is 7.53. The minimum Gasteiger partial charge on any atom is -0.278 e. The molecule has 0 spiro atoms. The van der Waals surface area contributed by atoms with E-state index in [-0.39, 0.29) is 17.4 Å². The molecule has 1 rings (SSSR count). The van der Waals surface area contributed by atoms with E-state index in [2.05, 4.69) is 51.5 Å². The summed E-state index contributed by atoms with van der Waals surface area (Å²) in [5.74, 6) is 0.634. The van der Waals surface area contributed by atoms with Gasteiger partial charge in [-0.3, -0.25) is 9.69 Å². The quantitative estimate of drug-likeness (QED) is 0.796. The molecule has 0 aromatic carbocycles. The number of amides is 1. The average Bonchev–Trinajstić information content (AvgIpc) is 2.38. The molecule has 118 valence electrons. The number of nitrogens with zero attached hydrogens (tertiary/aromatic N) is 3. The largest absolute Gasteiger partial charge is 0.278 e. The standard InChI is InChI=1S/C17H29N3O/c1-7-9-13(3)20(15(21)10-17(4,5)6)16-18-11-14(8-2)12-19-16/h11-13H,7-10H2,1-6H3. The number of aromatic nitrogens is 2. The number of hydrogen-bond acceptors (Lipinski definition) is 3. The second-order valence-corrected chi connectivity index (χ2v) is 6.88. The van der Waals surface area contributed by atoms with Crippen LogP contribution in [0, 0.1) is 5.41 Å². The van der Waals surface area contributed by atoms with E-state index in [1.54, 1.807) is 4.90 Å².